The van der Waals surface area contributed by atoms with Gasteiger partial charge in [0.1, 0.15) is 0 Å². The number of nitrogens with zero attached hydrogens (tertiary/aromatic N) is 3. The standard InChI is InChI=1S/C15H18F3N5O/c1-8-5-9(2)11(10(3)6-8)20-13-21-12(19-4)22-14(23-13)24-7-15(16,17)18/h5-6H,7H2,1-4H3,(H2,19,20,21,22,23). The van der Waals surface area contributed by atoms with Crippen molar-refractivity contribution in [2.45, 2.75) is 26.9 Å². The second-order valence-corrected chi connectivity index (χ2v) is 5.32. The molecule has 0 saturated heterocycles. The number of ether oxygens (including phenoxy) is 1. The molecule has 9 heteroatoms. The topological polar surface area (TPSA) is 72.0 Å². The number of hydrogen-bond donors (Lipinski definition) is 2. The van der Waals surface area contributed by atoms with Crippen LogP contribution in [-0.2, 0) is 0 Å². The van der Waals surface area contributed by atoms with Gasteiger partial charge in [0, 0.05) is 12.7 Å². The fourth-order valence-electron chi connectivity index (χ4n) is 2.22. The van der Waals surface area contributed by atoms with Gasteiger partial charge in [-0.1, -0.05) is 17.7 Å². The van der Waals surface area contributed by atoms with Crippen LogP contribution in [0.15, 0.2) is 12.1 Å². The number of alkyl halides is 3. The van der Waals surface area contributed by atoms with Crippen molar-refractivity contribution in [1.82, 2.24) is 15.0 Å². The Balaban J connectivity index is 2.30. The van der Waals surface area contributed by atoms with E-state index in [4.69, 9.17) is 0 Å². The maximum Gasteiger partial charge on any atom is 0.422 e. The summed E-state index contributed by atoms with van der Waals surface area (Å²) in [6.45, 7) is 4.35. The summed E-state index contributed by atoms with van der Waals surface area (Å²) in [5, 5.41) is 5.68. The molecule has 0 bridgehead atoms. The molecule has 2 N–H and O–H groups in total. The number of benzene rings is 1. The molecule has 130 valence electrons. The van der Waals surface area contributed by atoms with E-state index < -0.39 is 18.8 Å². The van der Waals surface area contributed by atoms with Crippen LogP contribution in [0.4, 0.5) is 30.8 Å². The monoisotopic (exact) mass is 341 g/mol. The second kappa shape index (κ2) is 6.90. The van der Waals surface area contributed by atoms with Gasteiger partial charge >= 0.3 is 12.2 Å². The molecule has 0 aliphatic heterocycles. The summed E-state index contributed by atoms with van der Waals surface area (Å²) < 4.78 is 41.5. The van der Waals surface area contributed by atoms with Gasteiger partial charge in [-0.15, -0.1) is 0 Å². The molecule has 6 nitrogen and oxygen atoms in total. The molecule has 0 aliphatic rings. The van der Waals surface area contributed by atoms with E-state index in [1.807, 2.05) is 32.9 Å². The van der Waals surface area contributed by atoms with Gasteiger partial charge in [-0.25, -0.2) is 0 Å². The maximum atomic E-state index is 12.3. The van der Waals surface area contributed by atoms with E-state index in [2.05, 4.69) is 30.3 Å². The molecule has 0 radical (unpaired) electrons. The maximum absolute atomic E-state index is 12.3. The molecule has 1 aromatic heterocycles. The van der Waals surface area contributed by atoms with Gasteiger partial charge in [0.15, 0.2) is 6.61 Å². The zero-order valence-electron chi connectivity index (χ0n) is 13.7. The van der Waals surface area contributed by atoms with E-state index in [9.17, 15) is 13.2 Å². The Hall–Kier alpha value is -2.58. The van der Waals surface area contributed by atoms with E-state index in [1.165, 1.54) is 0 Å². The lowest BCUT2D eigenvalue weighted by molar-refractivity contribution is -0.154. The van der Waals surface area contributed by atoms with E-state index >= 15 is 0 Å². The van der Waals surface area contributed by atoms with Crippen molar-refractivity contribution in [3.63, 3.8) is 0 Å². The normalized spacial score (nSPS) is 11.3. The van der Waals surface area contributed by atoms with Crippen molar-refractivity contribution in [3.8, 4) is 6.01 Å². The van der Waals surface area contributed by atoms with E-state index in [-0.39, 0.29) is 11.9 Å². The summed E-state index contributed by atoms with van der Waals surface area (Å²) in [7, 11) is 1.55. The number of rotatable bonds is 5. The SMILES string of the molecule is CNc1nc(Nc2c(C)cc(C)cc2C)nc(OCC(F)(F)F)n1. The Morgan fingerprint density at radius 1 is 1.00 bits per heavy atom. The number of aryl methyl sites for hydroxylation is 3. The highest BCUT2D eigenvalue weighted by Gasteiger charge is 2.29. The van der Waals surface area contributed by atoms with Crippen LogP contribution in [0.1, 0.15) is 16.7 Å². The van der Waals surface area contributed by atoms with Crippen LogP contribution in [0.2, 0.25) is 0 Å². The summed E-state index contributed by atoms with van der Waals surface area (Å²) in [6.07, 6.45) is -4.47. The van der Waals surface area contributed by atoms with Crippen LogP contribution < -0.4 is 15.4 Å². The third-order valence-corrected chi connectivity index (χ3v) is 3.12. The average molecular weight is 341 g/mol. The van der Waals surface area contributed by atoms with Gasteiger partial charge in [-0.3, -0.25) is 0 Å². The van der Waals surface area contributed by atoms with Crippen LogP contribution in [0.25, 0.3) is 0 Å². The van der Waals surface area contributed by atoms with Crippen molar-refractivity contribution < 1.29 is 17.9 Å². The molecule has 24 heavy (non-hydrogen) atoms. The highest BCUT2D eigenvalue weighted by atomic mass is 19.4. The average Bonchev–Trinajstić information content (AvgIpc) is 2.48. The lowest BCUT2D eigenvalue weighted by atomic mass is 10.1. The quantitative estimate of drug-likeness (QED) is 0.867. The summed E-state index contributed by atoms with van der Waals surface area (Å²) in [5.41, 5.74) is 3.83. The number of halogens is 3. The molecule has 2 aromatic rings. The van der Waals surface area contributed by atoms with Crippen molar-refractivity contribution in [2.75, 3.05) is 24.3 Å². The van der Waals surface area contributed by atoms with Gasteiger partial charge in [0.25, 0.3) is 0 Å². The Kier molecular flexibility index (Phi) is 5.10. The molecule has 2 rings (SSSR count). The van der Waals surface area contributed by atoms with Crippen LogP contribution in [0.5, 0.6) is 6.01 Å². The van der Waals surface area contributed by atoms with Crippen molar-refractivity contribution in [1.29, 1.82) is 0 Å². The molecule has 0 saturated carbocycles. The van der Waals surface area contributed by atoms with Gasteiger partial charge in [-0.2, -0.15) is 28.1 Å². The molecule has 1 aromatic carbocycles. The molecular formula is C15H18F3N5O. The Labute approximate surface area is 137 Å². The van der Waals surface area contributed by atoms with Gasteiger partial charge in [-0.05, 0) is 31.9 Å². The molecule has 1 heterocycles. The van der Waals surface area contributed by atoms with E-state index in [1.54, 1.807) is 7.05 Å². The molecule has 0 aliphatic carbocycles. The number of anilines is 3. The number of hydrogen-bond acceptors (Lipinski definition) is 6. The van der Waals surface area contributed by atoms with Crippen molar-refractivity contribution in [3.05, 3.63) is 28.8 Å². The summed E-state index contributed by atoms with van der Waals surface area (Å²) in [5.74, 6) is 0.202. The van der Waals surface area contributed by atoms with Crippen LogP contribution in [-0.4, -0.2) is 34.8 Å². The zero-order valence-corrected chi connectivity index (χ0v) is 13.7. The highest BCUT2D eigenvalue weighted by molar-refractivity contribution is 5.64. The molecular weight excluding hydrogens is 323 g/mol. The van der Waals surface area contributed by atoms with Crippen LogP contribution in [0.3, 0.4) is 0 Å². The predicted octanol–water partition coefficient (Wildman–Crippen LogP) is 3.52. The smallest absolute Gasteiger partial charge is 0.422 e. The summed E-state index contributed by atoms with van der Waals surface area (Å²) in [4.78, 5) is 11.7. The van der Waals surface area contributed by atoms with Crippen LogP contribution >= 0.6 is 0 Å². The first kappa shape index (κ1) is 17.8. The largest absolute Gasteiger partial charge is 0.454 e. The Bertz CT molecular complexity index is 711. The first-order valence-electron chi connectivity index (χ1n) is 7.16. The highest BCUT2D eigenvalue weighted by Crippen LogP contribution is 2.25. The molecule has 0 fully saturated rings. The van der Waals surface area contributed by atoms with E-state index in [0.29, 0.717) is 0 Å². The second-order valence-electron chi connectivity index (χ2n) is 5.32. The fourth-order valence-corrected chi connectivity index (χ4v) is 2.22. The molecule has 0 unspecified atom stereocenters. The third-order valence-electron chi connectivity index (χ3n) is 3.12. The Morgan fingerprint density at radius 3 is 2.12 bits per heavy atom. The first-order valence-corrected chi connectivity index (χ1v) is 7.16. The third kappa shape index (κ3) is 4.71. The summed E-state index contributed by atoms with van der Waals surface area (Å²) in [6, 6.07) is 3.56. The van der Waals surface area contributed by atoms with Crippen molar-refractivity contribution in [2.24, 2.45) is 0 Å². The number of aromatic nitrogens is 3. The minimum Gasteiger partial charge on any atom is -0.454 e. The zero-order chi connectivity index (χ0) is 17.9. The lowest BCUT2D eigenvalue weighted by Gasteiger charge is -2.14. The predicted molar refractivity (Wildman–Crippen MR) is 84.9 cm³/mol. The lowest BCUT2D eigenvalue weighted by Crippen LogP contribution is -2.20. The molecule has 0 atom stereocenters. The van der Waals surface area contributed by atoms with Gasteiger partial charge < -0.3 is 15.4 Å². The molecule has 0 spiro atoms. The van der Waals surface area contributed by atoms with Crippen molar-refractivity contribution >= 4 is 17.6 Å². The minimum atomic E-state index is -4.47. The van der Waals surface area contributed by atoms with Crippen LogP contribution in [0, 0.1) is 20.8 Å². The summed E-state index contributed by atoms with van der Waals surface area (Å²) >= 11 is 0. The molecule has 0 amide bonds. The Morgan fingerprint density at radius 2 is 1.58 bits per heavy atom. The first-order chi connectivity index (χ1) is 11.2. The number of nitrogens with one attached hydrogen (secondary N) is 2. The van der Waals surface area contributed by atoms with Gasteiger partial charge in [0.2, 0.25) is 11.9 Å². The fraction of sp³-hybridized carbons (Fsp3) is 0.400. The van der Waals surface area contributed by atoms with E-state index in [0.717, 1.165) is 22.4 Å². The minimum absolute atomic E-state index is 0.0987. The van der Waals surface area contributed by atoms with Gasteiger partial charge in [0.05, 0.1) is 0 Å².